The summed E-state index contributed by atoms with van der Waals surface area (Å²) in [6.45, 7) is 6.07. The molecular weight excluding hydrogens is 430 g/mol. The van der Waals surface area contributed by atoms with Gasteiger partial charge >= 0.3 is 12.1 Å². The van der Waals surface area contributed by atoms with Gasteiger partial charge in [0.25, 0.3) is 11.8 Å². The molecule has 1 aliphatic carbocycles. The number of carboxylic acid groups (broad SMARTS) is 1. The van der Waals surface area contributed by atoms with Gasteiger partial charge in [-0.15, -0.1) is 0 Å². The lowest BCUT2D eigenvalue weighted by atomic mass is 9.64. The third-order valence-corrected chi connectivity index (χ3v) is 7.96. The van der Waals surface area contributed by atoms with Crippen LogP contribution in [0.2, 0.25) is 0 Å². The summed E-state index contributed by atoms with van der Waals surface area (Å²) in [5.74, 6) is -0.217. The van der Waals surface area contributed by atoms with E-state index in [1.54, 1.807) is 0 Å². The van der Waals surface area contributed by atoms with E-state index in [1.807, 2.05) is 20.8 Å². The Bertz CT molecular complexity index is 840. The minimum atomic E-state index is -1.34. The van der Waals surface area contributed by atoms with Crippen LogP contribution in [0.3, 0.4) is 0 Å². The number of nitrogens with zero attached hydrogens (tertiary/aromatic N) is 3. The topological polar surface area (TPSA) is 143 Å². The lowest BCUT2D eigenvalue weighted by Crippen LogP contribution is -2.71. The van der Waals surface area contributed by atoms with Crippen LogP contribution in [0.15, 0.2) is 0 Å². The highest BCUT2D eigenvalue weighted by Crippen LogP contribution is 2.48. The summed E-state index contributed by atoms with van der Waals surface area (Å²) in [5, 5.41) is 20.5. The van der Waals surface area contributed by atoms with Gasteiger partial charge < -0.3 is 10.0 Å². The number of carbonyl (C=O) groups is 4. The van der Waals surface area contributed by atoms with Crippen molar-refractivity contribution in [2.75, 3.05) is 13.1 Å². The van der Waals surface area contributed by atoms with E-state index in [0.717, 1.165) is 12.8 Å². The van der Waals surface area contributed by atoms with Crippen LogP contribution < -0.4 is 10.9 Å². The normalized spacial score (nSPS) is 32.1. The van der Waals surface area contributed by atoms with Gasteiger partial charge in [-0.2, -0.15) is 0 Å². The van der Waals surface area contributed by atoms with E-state index in [9.17, 15) is 29.5 Å². The zero-order chi connectivity index (χ0) is 24.1. The molecule has 4 N–H and O–H groups in total. The van der Waals surface area contributed by atoms with Crippen LogP contribution in [0.25, 0.3) is 0 Å². The van der Waals surface area contributed by atoms with Gasteiger partial charge in [-0.05, 0) is 49.4 Å². The number of hydrogen-bond donors (Lipinski definition) is 4. The number of likely N-dealkylation sites (tertiary alicyclic amines) is 1. The number of hydrazine groups is 1. The monoisotopic (exact) mass is 465 g/mol. The van der Waals surface area contributed by atoms with Gasteiger partial charge in [0.2, 0.25) is 0 Å². The molecule has 3 saturated heterocycles. The molecule has 4 atom stereocenters. The van der Waals surface area contributed by atoms with E-state index in [4.69, 9.17) is 0 Å². The number of piperidine rings is 2. The molecule has 4 fully saturated rings. The van der Waals surface area contributed by atoms with E-state index in [0.29, 0.717) is 30.2 Å². The first-order chi connectivity index (χ1) is 15.5. The van der Waals surface area contributed by atoms with Gasteiger partial charge in [-0.1, -0.05) is 33.6 Å². The van der Waals surface area contributed by atoms with Crippen molar-refractivity contribution in [2.45, 2.75) is 83.3 Å². The molecule has 1 saturated carbocycles. The molecule has 0 aromatic rings. The van der Waals surface area contributed by atoms with E-state index in [2.05, 4.69) is 10.9 Å². The molecule has 5 amide bonds. The third kappa shape index (κ3) is 4.11. The summed E-state index contributed by atoms with van der Waals surface area (Å²) in [6.07, 6.45) is 4.17. The van der Waals surface area contributed by atoms with Gasteiger partial charge in [-0.3, -0.25) is 30.5 Å². The highest BCUT2D eigenvalue weighted by Gasteiger charge is 2.58. The quantitative estimate of drug-likeness (QED) is 0.368. The smallest absolute Gasteiger partial charge is 0.408 e. The zero-order valence-electron chi connectivity index (χ0n) is 19.5. The summed E-state index contributed by atoms with van der Waals surface area (Å²) in [4.78, 5) is 53.4. The largest absolute Gasteiger partial charge is 0.465 e. The number of fused-ring (bicyclic) bond motifs is 2. The van der Waals surface area contributed by atoms with Crippen LogP contribution in [0, 0.1) is 17.3 Å². The van der Waals surface area contributed by atoms with Gasteiger partial charge in [-0.25, -0.2) is 14.7 Å². The zero-order valence-corrected chi connectivity index (χ0v) is 19.5. The second kappa shape index (κ2) is 8.34. The van der Waals surface area contributed by atoms with E-state index in [-0.39, 0.29) is 25.0 Å². The number of nitrogens with one attached hydrogen (secondary N) is 2. The molecule has 4 rings (SSSR count). The van der Waals surface area contributed by atoms with Gasteiger partial charge in [0.05, 0.1) is 6.04 Å². The minimum Gasteiger partial charge on any atom is -0.465 e. The van der Waals surface area contributed by atoms with Crippen LogP contribution in [0.5, 0.6) is 0 Å². The van der Waals surface area contributed by atoms with Gasteiger partial charge in [0.15, 0.2) is 0 Å². The fourth-order valence-corrected chi connectivity index (χ4v) is 5.91. The first kappa shape index (κ1) is 23.6. The Morgan fingerprint density at radius 3 is 2.36 bits per heavy atom. The Balaban J connectivity index is 1.50. The molecule has 11 heteroatoms. The number of amides is 5. The van der Waals surface area contributed by atoms with Crippen LogP contribution in [0.4, 0.5) is 9.59 Å². The summed E-state index contributed by atoms with van der Waals surface area (Å²) >= 11 is 0. The van der Waals surface area contributed by atoms with Crippen molar-refractivity contribution >= 4 is 23.9 Å². The Labute approximate surface area is 193 Å². The van der Waals surface area contributed by atoms with Crippen molar-refractivity contribution in [1.82, 2.24) is 25.7 Å². The Kier molecular flexibility index (Phi) is 5.96. The van der Waals surface area contributed by atoms with Crippen molar-refractivity contribution in [1.29, 1.82) is 0 Å². The van der Waals surface area contributed by atoms with Crippen LogP contribution in [-0.2, 0) is 9.59 Å². The molecule has 0 spiro atoms. The Morgan fingerprint density at radius 1 is 1.06 bits per heavy atom. The summed E-state index contributed by atoms with van der Waals surface area (Å²) in [6, 6.07) is -1.75. The van der Waals surface area contributed by atoms with Crippen LogP contribution >= 0.6 is 0 Å². The fraction of sp³-hybridized carbons (Fsp3) is 0.818. The highest BCUT2D eigenvalue weighted by molar-refractivity contribution is 5.94. The molecule has 33 heavy (non-hydrogen) atoms. The van der Waals surface area contributed by atoms with Crippen molar-refractivity contribution in [3.05, 3.63) is 0 Å². The number of urea groups is 1. The molecule has 0 aromatic heterocycles. The van der Waals surface area contributed by atoms with Crippen molar-refractivity contribution < 1.29 is 29.5 Å². The number of carbonyl (C=O) groups excluding carboxylic acids is 3. The maximum atomic E-state index is 13.6. The molecule has 0 unspecified atom stereocenters. The molecule has 3 heterocycles. The minimum absolute atomic E-state index is 0.238. The summed E-state index contributed by atoms with van der Waals surface area (Å²) in [5.41, 5.74) is 2.88. The number of rotatable bonds is 4. The van der Waals surface area contributed by atoms with Gasteiger partial charge in [0.1, 0.15) is 11.6 Å². The van der Waals surface area contributed by atoms with Gasteiger partial charge in [0, 0.05) is 13.1 Å². The molecule has 2 bridgehead atoms. The SMILES string of the molecule is CC(C)(C)[C@]1(C(=O)NNC(=O)[C@@H]2CC[C@@H]3CN2C(=O)N3O)C[C@H](CC2CC2)CCN1C(=O)O. The second-order valence-corrected chi connectivity index (χ2v) is 11.1. The van der Waals surface area contributed by atoms with Crippen LogP contribution in [0.1, 0.15) is 65.7 Å². The number of hydrogen-bond acceptors (Lipinski definition) is 5. The highest BCUT2D eigenvalue weighted by atomic mass is 16.5. The molecule has 11 nitrogen and oxygen atoms in total. The predicted octanol–water partition coefficient (Wildman–Crippen LogP) is 1.77. The average Bonchev–Trinajstić information content (AvgIpc) is 3.55. The standard InChI is InChI=1S/C22H35N5O6/c1-21(2,3)22(11-14(10-13-4-5-13)8-9-26(22)20(31)32)18(29)24-23-17(28)16-7-6-15-12-25(16)19(30)27(15)33/h13-16,33H,4-12H2,1-3H3,(H,23,28)(H,24,29)(H,31,32)/t14-,15+,16-,22+/m0/s1. The maximum absolute atomic E-state index is 13.6. The van der Waals surface area contributed by atoms with E-state index in [1.165, 1.54) is 22.6 Å². The molecule has 0 radical (unpaired) electrons. The van der Waals surface area contributed by atoms with E-state index < -0.39 is 40.9 Å². The third-order valence-electron chi connectivity index (χ3n) is 7.96. The second-order valence-electron chi connectivity index (χ2n) is 11.1. The average molecular weight is 466 g/mol. The Hall–Kier alpha value is -2.56. The molecule has 0 aromatic carbocycles. The first-order valence-corrected chi connectivity index (χ1v) is 11.8. The molecule has 3 aliphatic heterocycles. The predicted molar refractivity (Wildman–Crippen MR) is 116 cm³/mol. The lowest BCUT2D eigenvalue weighted by Gasteiger charge is -2.53. The van der Waals surface area contributed by atoms with E-state index >= 15 is 0 Å². The molecule has 184 valence electrons. The lowest BCUT2D eigenvalue weighted by molar-refractivity contribution is -0.149. The van der Waals surface area contributed by atoms with Crippen molar-refractivity contribution in [3.8, 4) is 0 Å². The van der Waals surface area contributed by atoms with Crippen molar-refractivity contribution in [2.24, 2.45) is 17.3 Å². The summed E-state index contributed by atoms with van der Waals surface area (Å²) < 4.78 is 0. The first-order valence-electron chi connectivity index (χ1n) is 11.8. The molecule has 4 aliphatic rings. The summed E-state index contributed by atoms with van der Waals surface area (Å²) in [7, 11) is 0. The van der Waals surface area contributed by atoms with Crippen molar-refractivity contribution in [3.63, 3.8) is 0 Å². The van der Waals surface area contributed by atoms with Crippen LogP contribution in [-0.4, -0.2) is 79.8 Å². The number of hydroxylamine groups is 2. The maximum Gasteiger partial charge on any atom is 0.408 e. The fourth-order valence-electron chi connectivity index (χ4n) is 5.91. The Morgan fingerprint density at radius 2 is 1.76 bits per heavy atom. The molecular formula is C22H35N5O6.